The lowest BCUT2D eigenvalue weighted by Crippen LogP contribution is -2.45. The number of carboxylic acids is 1. The minimum absolute atomic E-state index is 0. The van der Waals surface area contributed by atoms with Gasteiger partial charge >= 0.3 is 5.97 Å². The van der Waals surface area contributed by atoms with Crippen molar-refractivity contribution >= 4 is 34.8 Å². The van der Waals surface area contributed by atoms with Crippen LogP contribution in [-0.2, 0) is 4.74 Å². The lowest BCUT2D eigenvalue weighted by molar-refractivity contribution is 0.0696. The molecule has 0 spiro atoms. The van der Waals surface area contributed by atoms with Crippen LogP contribution in [0.1, 0.15) is 47.2 Å². The zero-order valence-corrected chi connectivity index (χ0v) is 18.9. The van der Waals surface area contributed by atoms with Crippen molar-refractivity contribution in [2.45, 2.75) is 38.6 Å². The van der Waals surface area contributed by atoms with E-state index in [2.05, 4.69) is 54.3 Å². The van der Waals surface area contributed by atoms with Crippen molar-refractivity contribution in [1.82, 2.24) is 0 Å². The number of carbonyl (C=O) groups is 1. The molecule has 2 atom stereocenters. The molecule has 164 valence electrons. The molecule has 1 saturated heterocycles. The first-order valence-electron chi connectivity index (χ1n) is 10.7. The van der Waals surface area contributed by atoms with E-state index in [1.54, 1.807) is 0 Å². The quantitative estimate of drug-likeness (QED) is 0.507. The maximum atomic E-state index is 11.6. The Kier molecular flexibility index (Phi) is 7.58. The second-order valence-corrected chi connectivity index (χ2v) is 8.27. The minimum atomic E-state index is -0.872. The molecule has 1 unspecified atom stereocenters. The summed E-state index contributed by atoms with van der Waals surface area (Å²) in [4.78, 5) is 13.9. The third-order valence-electron chi connectivity index (χ3n) is 6.30. The number of carboxylic acid groups (broad SMARTS) is 1. The molecule has 1 aliphatic rings. The lowest BCUT2D eigenvalue weighted by Gasteiger charge is -2.38. The van der Waals surface area contributed by atoms with E-state index < -0.39 is 5.97 Å². The predicted octanol–water partition coefficient (Wildman–Crippen LogP) is 6.06. The van der Waals surface area contributed by atoms with Gasteiger partial charge in [0.15, 0.2) is 0 Å². The van der Waals surface area contributed by atoms with Gasteiger partial charge in [-0.05, 0) is 59.7 Å². The van der Waals surface area contributed by atoms with Gasteiger partial charge in [0.2, 0.25) is 0 Å². The Morgan fingerprint density at radius 2 is 1.94 bits per heavy atom. The molecule has 0 aromatic heterocycles. The number of fused-ring (bicyclic) bond motifs is 1. The standard InChI is InChI=1S/C26H29NO3.ClH/c1-18(23-9-5-7-20-6-3-4-8-24(20)23)11-13-22-17-30-15-14-27(22)21-12-10-19(2)25(16-21)26(28)29;/h3-10,12,16,18,22H,11,13-15,17H2,1-2H3,(H,28,29);1H/t18-,22?;/m0./s1. The summed E-state index contributed by atoms with van der Waals surface area (Å²) in [7, 11) is 0. The zero-order chi connectivity index (χ0) is 21.1. The molecule has 0 saturated carbocycles. The highest BCUT2D eigenvalue weighted by Gasteiger charge is 2.25. The number of benzene rings is 3. The van der Waals surface area contributed by atoms with Crippen LogP contribution < -0.4 is 4.90 Å². The van der Waals surface area contributed by atoms with Crippen LogP contribution in [0.4, 0.5) is 5.69 Å². The number of rotatable bonds is 6. The van der Waals surface area contributed by atoms with Gasteiger partial charge < -0.3 is 14.7 Å². The van der Waals surface area contributed by atoms with E-state index in [1.807, 2.05) is 25.1 Å². The Hall–Kier alpha value is -2.56. The monoisotopic (exact) mass is 439 g/mol. The maximum Gasteiger partial charge on any atom is 0.336 e. The van der Waals surface area contributed by atoms with E-state index in [1.165, 1.54) is 16.3 Å². The van der Waals surface area contributed by atoms with E-state index in [0.29, 0.717) is 24.7 Å². The SMILES string of the molecule is Cc1ccc(N2CCOCC2CC[C@H](C)c2cccc3ccccc23)cc1C(=O)O.Cl. The summed E-state index contributed by atoms with van der Waals surface area (Å²) in [5.74, 6) is -0.434. The van der Waals surface area contributed by atoms with Gasteiger partial charge in [-0.3, -0.25) is 0 Å². The van der Waals surface area contributed by atoms with E-state index >= 15 is 0 Å². The first kappa shape index (κ1) is 23.1. The number of halogens is 1. The van der Waals surface area contributed by atoms with Crippen LogP contribution >= 0.6 is 12.4 Å². The zero-order valence-electron chi connectivity index (χ0n) is 18.1. The van der Waals surface area contributed by atoms with Crippen LogP contribution in [0, 0.1) is 6.92 Å². The Labute approximate surface area is 190 Å². The van der Waals surface area contributed by atoms with Crippen molar-refractivity contribution in [2.24, 2.45) is 0 Å². The molecule has 0 amide bonds. The van der Waals surface area contributed by atoms with Crippen LogP contribution in [0.2, 0.25) is 0 Å². The van der Waals surface area contributed by atoms with Crippen LogP contribution in [0.15, 0.2) is 60.7 Å². The van der Waals surface area contributed by atoms with Crippen LogP contribution in [0.25, 0.3) is 10.8 Å². The summed E-state index contributed by atoms with van der Waals surface area (Å²) in [5.41, 5.74) is 3.53. The summed E-state index contributed by atoms with van der Waals surface area (Å²) >= 11 is 0. The average Bonchev–Trinajstić information content (AvgIpc) is 2.77. The third kappa shape index (κ3) is 5.03. The third-order valence-corrected chi connectivity index (χ3v) is 6.30. The van der Waals surface area contributed by atoms with Crippen LogP contribution in [0.3, 0.4) is 0 Å². The Bertz CT molecular complexity index is 1050. The highest BCUT2D eigenvalue weighted by molar-refractivity contribution is 5.90. The summed E-state index contributed by atoms with van der Waals surface area (Å²) in [5, 5.41) is 12.1. The van der Waals surface area contributed by atoms with Crippen molar-refractivity contribution in [3.63, 3.8) is 0 Å². The normalized spacial score (nSPS) is 17.2. The van der Waals surface area contributed by atoms with Crippen LogP contribution in [-0.4, -0.2) is 36.9 Å². The van der Waals surface area contributed by atoms with E-state index in [-0.39, 0.29) is 18.4 Å². The minimum Gasteiger partial charge on any atom is -0.478 e. The first-order valence-corrected chi connectivity index (χ1v) is 10.7. The number of hydrogen-bond donors (Lipinski definition) is 1. The molecule has 0 radical (unpaired) electrons. The van der Waals surface area contributed by atoms with Crippen molar-refractivity contribution in [2.75, 3.05) is 24.7 Å². The molecule has 31 heavy (non-hydrogen) atoms. The highest BCUT2D eigenvalue weighted by Crippen LogP contribution is 2.31. The van der Waals surface area contributed by atoms with Gasteiger partial charge in [-0.25, -0.2) is 4.79 Å². The Morgan fingerprint density at radius 3 is 2.74 bits per heavy atom. The molecule has 0 aliphatic carbocycles. The van der Waals surface area contributed by atoms with Gasteiger partial charge in [-0.15, -0.1) is 12.4 Å². The second-order valence-electron chi connectivity index (χ2n) is 8.27. The number of aryl methyl sites for hydroxylation is 1. The average molecular weight is 440 g/mol. The molecule has 3 aromatic rings. The topological polar surface area (TPSA) is 49.8 Å². The lowest BCUT2D eigenvalue weighted by atomic mass is 9.90. The summed E-state index contributed by atoms with van der Waals surface area (Å²) in [6, 6.07) is 21.1. The van der Waals surface area contributed by atoms with E-state index in [9.17, 15) is 9.90 Å². The predicted molar refractivity (Wildman–Crippen MR) is 129 cm³/mol. The van der Waals surface area contributed by atoms with Crippen molar-refractivity contribution in [3.8, 4) is 0 Å². The summed E-state index contributed by atoms with van der Waals surface area (Å²) in [6.07, 6.45) is 2.05. The van der Waals surface area contributed by atoms with Gasteiger partial charge in [0.1, 0.15) is 0 Å². The molecule has 3 aromatic carbocycles. The van der Waals surface area contributed by atoms with E-state index in [0.717, 1.165) is 30.6 Å². The van der Waals surface area contributed by atoms with E-state index in [4.69, 9.17) is 4.74 Å². The van der Waals surface area contributed by atoms with Crippen molar-refractivity contribution in [3.05, 3.63) is 77.4 Å². The second kappa shape index (κ2) is 10.2. The maximum absolute atomic E-state index is 11.6. The molecule has 0 bridgehead atoms. The molecule has 5 heteroatoms. The summed E-state index contributed by atoms with van der Waals surface area (Å²) < 4.78 is 5.79. The van der Waals surface area contributed by atoms with Gasteiger partial charge in [-0.1, -0.05) is 55.5 Å². The Balaban J connectivity index is 0.00000272. The largest absolute Gasteiger partial charge is 0.478 e. The molecule has 4 rings (SSSR count). The molecule has 4 nitrogen and oxygen atoms in total. The highest BCUT2D eigenvalue weighted by atomic mass is 35.5. The van der Waals surface area contributed by atoms with Gasteiger partial charge in [0, 0.05) is 12.2 Å². The molecular formula is C26H30ClNO3. The van der Waals surface area contributed by atoms with Gasteiger partial charge in [0.25, 0.3) is 0 Å². The number of hydrogen-bond acceptors (Lipinski definition) is 3. The molecular weight excluding hydrogens is 410 g/mol. The fourth-order valence-electron chi connectivity index (χ4n) is 4.53. The van der Waals surface area contributed by atoms with Crippen LogP contribution in [0.5, 0.6) is 0 Å². The van der Waals surface area contributed by atoms with Gasteiger partial charge in [0.05, 0.1) is 24.8 Å². The van der Waals surface area contributed by atoms with Crippen molar-refractivity contribution in [1.29, 1.82) is 0 Å². The van der Waals surface area contributed by atoms with Crippen molar-refractivity contribution < 1.29 is 14.6 Å². The number of ether oxygens (including phenoxy) is 1. The number of nitrogens with zero attached hydrogens (tertiary/aromatic N) is 1. The number of anilines is 1. The molecule has 1 heterocycles. The Morgan fingerprint density at radius 1 is 1.16 bits per heavy atom. The smallest absolute Gasteiger partial charge is 0.336 e. The number of morpholine rings is 1. The van der Waals surface area contributed by atoms with Gasteiger partial charge in [-0.2, -0.15) is 0 Å². The fraction of sp³-hybridized carbons (Fsp3) is 0.346. The summed E-state index contributed by atoms with van der Waals surface area (Å²) in [6.45, 7) is 6.28. The molecule has 1 fully saturated rings. The first-order chi connectivity index (χ1) is 14.5. The fourth-order valence-corrected chi connectivity index (χ4v) is 4.53. The molecule has 1 aliphatic heterocycles. The molecule has 1 N–H and O–H groups in total. The number of aromatic carboxylic acids is 1.